The van der Waals surface area contributed by atoms with Gasteiger partial charge in [0.15, 0.2) is 0 Å². The number of pyridine rings is 1. The molecule has 0 bridgehead atoms. The SMILES string of the molecule is N#Cc1c(NC(=O)/C=C/c2ccco2)sc2c1CCC(COC(=O)NCc1ccncc1)C2. The Balaban J connectivity index is 1.31. The van der Waals surface area contributed by atoms with Crippen LogP contribution < -0.4 is 10.6 Å². The Kier molecular flexibility index (Phi) is 7.17. The minimum atomic E-state index is -0.460. The van der Waals surface area contributed by atoms with Crippen LogP contribution >= 0.6 is 11.3 Å². The Labute approximate surface area is 194 Å². The molecule has 33 heavy (non-hydrogen) atoms. The zero-order chi connectivity index (χ0) is 23.0. The molecule has 3 aromatic heterocycles. The molecule has 0 saturated carbocycles. The van der Waals surface area contributed by atoms with Crippen LogP contribution in [0.15, 0.2) is 53.4 Å². The molecule has 2 amide bonds. The molecule has 8 nitrogen and oxygen atoms in total. The van der Waals surface area contributed by atoms with Crippen LogP contribution in [0, 0.1) is 17.2 Å². The summed E-state index contributed by atoms with van der Waals surface area (Å²) in [5, 5.41) is 15.7. The molecule has 168 valence electrons. The monoisotopic (exact) mass is 462 g/mol. The molecule has 3 heterocycles. The number of thiophene rings is 1. The summed E-state index contributed by atoms with van der Waals surface area (Å²) < 4.78 is 10.6. The lowest BCUT2D eigenvalue weighted by atomic mass is 9.88. The largest absolute Gasteiger partial charge is 0.465 e. The molecule has 4 rings (SSSR count). The first kappa shape index (κ1) is 22.3. The number of carbonyl (C=O) groups excluding carboxylic acids is 2. The number of rotatable bonds is 7. The van der Waals surface area contributed by atoms with Gasteiger partial charge in [-0.3, -0.25) is 9.78 Å². The third kappa shape index (κ3) is 5.87. The van der Waals surface area contributed by atoms with E-state index in [2.05, 4.69) is 21.7 Å². The van der Waals surface area contributed by atoms with Gasteiger partial charge in [-0.15, -0.1) is 11.3 Å². The summed E-state index contributed by atoms with van der Waals surface area (Å²) in [6, 6.07) is 9.37. The van der Waals surface area contributed by atoms with Crippen LogP contribution in [-0.2, 0) is 28.9 Å². The number of ether oxygens (including phenoxy) is 1. The van der Waals surface area contributed by atoms with Gasteiger partial charge in [-0.25, -0.2) is 4.79 Å². The van der Waals surface area contributed by atoms with Crippen LogP contribution in [0.1, 0.15) is 33.7 Å². The minimum Gasteiger partial charge on any atom is -0.465 e. The summed E-state index contributed by atoms with van der Waals surface area (Å²) >= 11 is 1.41. The van der Waals surface area contributed by atoms with Crippen molar-refractivity contribution in [1.29, 1.82) is 5.26 Å². The molecule has 0 saturated heterocycles. The highest BCUT2D eigenvalue weighted by atomic mass is 32.1. The van der Waals surface area contributed by atoms with Crippen LogP contribution in [0.2, 0.25) is 0 Å². The van der Waals surface area contributed by atoms with Crippen molar-refractivity contribution in [3.05, 3.63) is 76.3 Å². The molecule has 1 atom stereocenters. The number of nitriles is 1. The molecule has 1 unspecified atom stereocenters. The summed E-state index contributed by atoms with van der Waals surface area (Å²) in [4.78, 5) is 29.3. The number of hydrogen-bond donors (Lipinski definition) is 2. The van der Waals surface area contributed by atoms with E-state index in [9.17, 15) is 14.9 Å². The average molecular weight is 463 g/mol. The first-order valence-corrected chi connectivity index (χ1v) is 11.3. The zero-order valence-corrected chi connectivity index (χ0v) is 18.6. The number of amides is 2. The molecule has 9 heteroatoms. The topological polar surface area (TPSA) is 117 Å². The fourth-order valence-corrected chi connectivity index (χ4v) is 4.94. The number of anilines is 1. The van der Waals surface area contributed by atoms with E-state index in [-0.39, 0.29) is 11.8 Å². The van der Waals surface area contributed by atoms with E-state index < -0.39 is 6.09 Å². The van der Waals surface area contributed by atoms with Crippen LogP contribution in [0.5, 0.6) is 0 Å². The van der Waals surface area contributed by atoms with Crippen LogP contribution in [0.3, 0.4) is 0 Å². The lowest BCUT2D eigenvalue weighted by Gasteiger charge is -2.21. The Morgan fingerprint density at radius 2 is 2.18 bits per heavy atom. The van der Waals surface area contributed by atoms with Crippen molar-refractivity contribution in [2.75, 3.05) is 11.9 Å². The molecule has 2 N–H and O–H groups in total. The fraction of sp³-hybridized carbons (Fsp3) is 0.250. The smallest absolute Gasteiger partial charge is 0.407 e. The maximum absolute atomic E-state index is 12.3. The lowest BCUT2D eigenvalue weighted by molar-refractivity contribution is -0.111. The molecule has 0 radical (unpaired) electrons. The van der Waals surface area contributed by atoms with Crippen molar-refractivity contribution < 1.29 is 18.7 Å². The van der Waals surface area contributed by atoms with Gasteiger partial charge in [0.25, 0.3) is 0 Å². The maximum atomic E-state index is 12.3. The standard InChI is InChI=1S/C24H22N4O4S/c25-13-20-19-5-3-17(15-32-24(30)27-14-16-7-9-26-10-8-16)12-21(19)33-23(20)28-22(29)6-4-18-2-1-11-31-18/h1-2,4,6-11,17H,3,5,12,14-15H2,(H,27,30)(H,28,29)/b6-4+. The summed E-state index contributed by atoms with van der Waals surface area (Å²) in [5.74, 6) is 0.410. The number of alkyl carbamates (subject to hydrolysis) is 1. The second-order valence-corrected chi connectivity index (χ2v) is 8.68. The fourth-order valence-electron chi connectivity index (χ4n) is 3.62. The van der Waals surface area contributed by atoms with E-state index in [1.807, 2.05) is 12.1 Å². The second kappa shape index (κ2) is 10.6. The van der Waals surface area contributed by atoms with Crippen LogP contribution in [0.4, 0.5) is 9.80 Å². The normalized spacial score (nSPS) is 14.9. The van der Waals surface area contributed by atoms with Crippen molar-refractivity contribution in [2.45, 2.75) is 25.8 Å². The molecule has 0 aromatic carbocycles. The lowest BCUT2D eigenvalue weighted by Crippen LogP contribution is -2.27. The number of nitrogens with zero attached hydrogens (tertiary/aromatic N) is 2. The van der Waals surface area contributed by atoms with Gasteiger partial charge in [-0.05, 0) is 66.6 Å². The van der Waals surface area contributed by atoms with Gasteiger partial charge in [0.2, 0.25) is 5.91 Å². The van der Waals surface area contributed by atoms with Crippen LogP contribution in [-0.4, -0.2) is 23.6 Å². The summed E-state index contributed by atoms with van der Waals surface area (Å²) in [6.07, 6.45) is 9.57. The van der Waals surface area contributed by atoms with Gasteiger partial charge in [-0.1, -0.05) is 0 Å². The Morgan fingerprint density at radius 1 is 1.33 bits per heavy atom. The van der Waals surface area contributed by atoms with E-state index in [1.165, 1.54) is 23.7 Å². The van der Waals surface area contributed by atoms with Gasteiger partial charge < -0.3 is 19.8 Å². The van der Waals surface area contributed by atoms with E-state index in [0.717, 1.165) is 22.4 Å². The first-order chi connectivity index (χ1) is 16.1. The maximum Gasteiger partial charge on any atom is 0.407 e. The molecular weight excluding hydrogens is 440 g/mol. The Hall–Kier alpha value is -3.90. The summed E-state index contributed by atoms with van der Waals surface area (Å²) in [7, 11) is 0. The number of furan rings is 1. The predicted molar refractivity (Wildman–Crippen MR) is 123 cm³/mol. The van der Waals surface area contributed by atoms with Gasteiger partial charge in [0.05, 0.1) is 18.4 Å². The quantitative estimate of drug-likeness (QED) is 0.506. The van der Waals surface area contributed by atoms with Crippen LogP contribution in [0.25, 0.3) is 6.08 Å². The number of hydrogen-bond acceptors (Lipinski definition) is 7. The summed E-state index contributed by atoms with van der Waals surface area (Å²) in [6.45, 7) is 0.680. The molecule has 1 aliphatic carbocycles. The third-order valence-electron chi connectivity index (χ3n) is 5.29. The molecule has 0 fully saturated rings. The Bertz CT molecular complexity index is 1180. The number of fused-ring (bicyclic) bond motifs is 1. The molecule has 0 aliphatic heterocycles. The van der Waals surface area contributed by atoms with Crippen molar-refractivity contribution in [3.8, 4) is 6.07 Å². The summed E-state index contributed by atoms with van der Waals surface area (Å²) in [5.41, 5.74) is 2.44. The number of aromatic nitrogens is 1. The highest BCUT2D eigenvalue weighted by Gasteiger charge is 2.27. The number of nitrogens with one attached hydrogen (secondary N) is 2. The Morgan fingerprint density at radius 3 is 2.94 bits per heavy atom. The molecule has 3 aromatic rings. The van der Waals surface area contributed by atoms with E-state index >= 15 is 0 Å². The first-order valence-electron chi connectivity index (χ1n) is 10.5. The molecule has 1 aliphatic rings. The molecule has 0 spiro atoms. The molecular formula is C24H22N4O4S. The van der Waals surface area contributed by atoms with Crippen molar-refractivity contribution in [2.24, 2.45) is 5.92 Å². The predicted octanol–water partition coefficient (Wildman–Crippen LogP) is 4.29. The second-order valence-electron chi connectivity index (χ2n) is 7.57. The zero-order valence-electron chi connectivity index (χ0n) is 17.7. The highest BCUT2D eigenvalue weighted by Crippen LogP contribution is 2.39. The van der Waals surface area contributed by atoms with Gasteiger partial charge in [0.1, 0.15) is 16.8 Å². The van der Waals surface area contributed by atoms with E-state index in [4.69, 9.17) is 9.15 Å². The van der Waals surface area contributed by atoms with Gasteiger partial charge in [-0.2, -0.15) is 5.26 Å². The van der Waals surface area contributed by atoms with Crippen molar-refractivity contribution in [1.82, 2.24) is 10.3 Å². The minimum absolute atomic E-state index is 0.164. The highest BCUT2D eigenvalue weighted by molar-refractivity contribution is 7.16. The average Bonchev–Trinajstić information content (AvgIpc) is 3.47. The van der Waals surface area contributed by atoms with E-state index in [0.29, 0.717) is 42.3 Å². The van der Waals surface area contributed by atoms with Gasteiger partial charge in [0, 0.05) is 29.9 Å². The number of carbonyl (C=O) groups is 2. The third-order valence-corrected chi connectivity index (χ3v) is 6.46. The van der Waals surface area contributed by atoms with Gasteiger partial charge >= 0.3 is 6.09 Å². The van der Waals surface area contributed by atoms with Crippen molar-refractivity contribution >= 4 is 34.4 Å². The van der Waals surface area contributed by atoms with E-state index in [1.54, 1.807) is 30.6 Å². The van der Waals surface area contributed by atoms with Crippen molar-refractivity contribution in [3.63, 3.8) is 0 Å².